The zero-order chi connectivity index (χ0) is 24.5. The van der Waals surface area contributed by atoms with Gasteiger partial charge in [-0.3, -0.25) is 0 Å². The summed E-state index contributed by atoms with van der Waals surface area (Å²) in [5.41, 5.74) is 1.49. The molecule has 3 aromatic rings. The van der Waals surface area contributed by atoms with Crippen LogP contribution in [0.25, 0.3) is 11.3 Å². The van der Waals surface area contributed by atoms with Crippen molar-refractivity contribution in [3.05, 3.63) is 52.3 Å². The molecule has 184 valence electrons. The highest BCUT2D eigenvalue weighted by molar-refractivity contribution is 6.33. The van der Waals surface area contributed by atoms with Crippen LogP contribution < -0.4 is 19.4 Å². The molecule has 0 radical (unpaired) electrons. The van der Waals surface area contributed by atoms with Gasteiger partial charge in [0.25, 0.3) is 0 Å². The summed E-state index contributed by atoms with van der Waals surface area (Å²) >= 11 is 12.5. The quantitative estimate of drug-likeness (QED) is 0.455. The molecule has 0 saturated carbocycles. The van der Waals surface area contributed by atoms with E-state index in [0.717, 1.165) is 68.5 Å². The van der Waals surface area contributed by atoms with Gasteiger partial charge in [-0.15, -0.1) is 0 Å². The van der Waals surface area contributed by atoms with Gasteiger partial charge in [0.05, 0.1) is 22.8 Å². The number of benzene rings is 1. The maximum absolute atomic E-state index is 13.8. The van der Waals surface area contributed by atoms with Crippen LogP contribution in [0.2, 0.25) is 10.0 Å². The fourth-order valence-corrected chi connectivity index (χ4v) is 5.05. The average Bonchev–Trinajstić information content (AvgIpc) is 3.31. The number of ether oxygens (including phenoxy) is 1. The molecule has 2 fully saturated rings. The standard InChI is InChI=1S/C25H27Cl2FN6O/c1-16-4-3-9-34(16)25-29-21(17-5-7-20(28)19(27)14-17)15-22(30-25)32-10-12-33(13-11-32)24-18(26)6-8-23(31-24)35-2/h5-8,14-16H,3-4,9-13H2,1-2H3. The second-order valence-corrected chi connectivity index (χ2v) is 9.67. The number of anilines is 3. The summed E-state index contributed by atoms with van der Waals surface area (Å²) in [5.74, 6) is 2.35. The number of hydrogen-bond acceptors (Lipinski definition) is 7. The molecule has 7 nitrogen and oxygen atoms in total. The summed E-state index contributed by atoms with van der Waals surface area (Å²) in [6, 6.07) is 10.6. The van der Waals surface area contributed by atoms with Gasteiger partial charge in [-0.05, 0) is 44.0 Å². The average molecular weight is 517 g/mol. The Hall–Kier alpha value is -2.84. The van der Waals surface area contributed by atoms with Gasteiger partial charge in [-0.1, -0.05) is 23.2 Å². The third kappa shape index (κ3) is 4.95. The molecule has 0 amide bonds. The van der Waals surface area contributed by atoms with Gasteiger partial charge < -0.3 is 19.4 Å². The lowest BCUT2D eigenvalue weighted by Gasteiger charge is -2.37. The lowest BCUT2D eigenvalue weighted by molar-refractivity contribution is 0.397. The van der Waals surface area contributed by atoms with Gasteiger partial charge in [-0.25, -0.2) is 9.37 Å². The maximum atomic E-state index is 13.8. The zero-order valence-electron chi connectivity index (χ0n) is 19.7. The molecule has 0 aliphatic carbocycles. The van der Waals surface area contributed by atoms with E-state index in [1.54, 1.807) is 25.3 Å². The number of halogens is 3. The number of methoxy groups -OCH3 is 1. The fourth-order valence-electron chi connectivity index (χ4n) is 4.64. The van der Waals surface area contributed by atoms with Gasteiger partial charge >= 0.3 is 0 Å². The first-order valence-electron chi connectivity index (χ1n) is 11.7. The first-order chi connectivity index (χ1) is 16.9. The first-order valence-corrected chi connectivity index (χ1v) is 12.5. The van der Waals surface area contributed by atoms with E-state index in [2.05, 4.69) is 26.6 Å². The largest absolute Gasteiger partial charge is 0.481 e. The minimum absolute atomic E-state index is 0.0787. The number of piperazine rings is 1. The van der Waals surface area contributed by atoms with Gasteiger partial charge in [-0.2, -0.15) is 9.97 Å². The summed E-state index contributed by atoms with van der Waals surface area (Å²) < 4.78 is 19.1. The minimum Gasteiger partial charge on any atom is -0.481 e. The summed E-state index contributed by atoms with van der Waals surface area (Å²) in [6.45, 7) is 6.06. The molecule has 2 aromatic heterocycles. The molecule has 2 saturated heterocycles. The van der Waals surface area contributed by atoms with Crippen molar-refractivity contribution < 1.29 is 9.13 Å². The third-order valence-electron chi connectivity index (χ3n) is 6.64. The van der Waals surface area contributed by atoms with E-state index in [1.165, 1.54) is 6.07 Å². The minimum atomic E-state index is -0.445. The molecular formula is C25H27Cl2FN6O. The van der Waals surface area contributed by atoms with Crippen molar-refractivity contribution in [2.45, 2.75) is 25.8 Å². The van der Waals surface area contributed by atoms with Crippen LogP contribution in [-0.4, -0.2) is 60.8 Å². The van der Waals surface area contributed by atoms with Gasteiger partial charge in [0.15, 0.2) is 5.82 Å². The van der Waals surface area contributed by atoms with E-state index in [4.69, 9.17) is 37.9 Å². The number of hydrogen-bond donors (Lipinski definition) is 0. The maximum Gasteiger partial charge on any atom is 0.228 e. The van der Waals surface area contributed by atoms with Crippen LogP contribution >= 0.6 is 23.2 Å². The lowest BCUT2D eigenvalue weighted by Crippen LogP contribution is -2.47. The Morgan fingerprint density at radius 1 is 0.914 bits per heavy atom. The van der Waals surface area contributed by atoms with Crippen molar-refractivity contribution in [2.24, 2.45) is 0 Å². The highest BCUT2D eigenvalue weighted by atomic mass is 35.5. The second kappa shape index (κ2) is 10.0. The Morgan fingerprint density at radius 3 is 2.37 bits per heavy atom. The van der Waals surface area contributed by atoms with E-state index >= 15 is 0 Å². The number of nitrogens with zero attached hydrogens (tertiary/aromatic N) is 6. The van der Waals surface area contributed by atoms with Crippen molar-refractivity contribution in [3.63, 3.8) is 0 Å². The van der Waals surface area contributed by atoms with Crippen LogP contribution in [0.3, 0.4) is 0 Å². The smallest absolute Gasteiger partial charge is 0.228 e. The summed E-state index contributed by atoms with van der Waals surface area (Å²) in [7, 11) is 1.60. The van der Waals surface area contributed by atoms with Gasteiger partial charge in [0, 0.05) is 56.5 Å². The highest BCUT2D eigenvalue weighted by Gasteiger charge is 2.26. The molecule has 10 heteroatoms. The van der Waals surface area contributed by atoms with Crippen LogP contribution in [0.5, 0.6) is 5.88 Å². The topological polar surface area (TPSA) is 57.6 Å². The summed E-state index contributed by atoms with van der Waals surface area (Å²) in [4.78, 5) is 21.0. The summed E-state index contributed by atoms with van der Waals surface area (Å²) in [6.07, 6.45) is 2.22. The monoisotopic (exact) mass is 516 g/mol. The molecule has 1 atom stereocenters. The molecule has 0 spiro atoms. The van der Waals surface area contributed by atoms with Crippen LogP contribution in [0.15, 0.2) is 36.4 Å². The number of pyridine rings is 1. The van der Waals surface area contributed by atoms with Crippen molar-refractivity contribution in [3.8, 4) is 17.1 Å². The summed E-state index contributed by atoms with van der Waals surface area (Å²) in [5, 5.41) is 0.678. The molecule has 4 heterocycles. The molecule has 2 aliphatic rings. The molecule has 5 rings (SSSR count). The molecule has 35 heavy (non-hydrogen) atoms. The van der Waals surface area contributed by atoms with Crippen molar-refractivity contribution >= 4 is 40.8 Å². The Labute approximate surface area is 214 Å². The third-order valence-corrected chi connectivity index (χ3v) is 7.23. The SMILES string of the molecule is COc1ccc(Cl)c(N2CCN(c3cc(-c4ccc(F)c(Cl)c4)nc(N4CCCC4C)n3)CC2)n1. The van der Waals surface area contributed by atoms with Crippen LogP contribution in [-0.2, 0) is 0 Å². The van der Waals surface area contributed by atoms with Crippen molar-refractivity contribution in [2.75, 3.05) is 54.5 Å². The predicted octanol–water partition coefficient (Wildman–Crippen LogP) is 5.31. The van der Waals surface area contributed by atoms with E-state index in [0.29, 0.717) is 22.9 Å². The Bertz CT molecular complexity index is 1220. The fraction of sp³-hybridized carbons (Fsp3) is 0.400. The zero-order valence-corrected chi connectivity index (χ0v) is 21.2. The van der Waals surface area contributed by atoms with E-state index in [9.17, 15) is 4.39 Å². The van der Waals surface area contributed by atoms with Gasteiger partial charge in [0.1, 0.15) is 11.6 Å². The van der Waals surface area contributed by atoms with E-state index in [1.807, 2.05) is 12.1 Å². The lowest BCUT2D eigenvalue weighted by atomic mass is 10.1. The predicted molar refractivity (Wildman–Crippen MR) is 139 cm³/mol. The van der Waals surface area contributed by atoms with Crippen LogP contribution in [0, 0.1) is 5.82 Å². The number of aromatic nitrogens is 3. The highest BCUT2D eigenvalue weighted by Crippen LogP contribution is 2.32. The molecule has 1 unspecified atom stereocenters. The molecule has 1 aromatic carbocycles. The first kappa shape index (κ1) is 23.9. The second-order valence-electron chi connectivity index (χ2n) is 8.86. The van der Waals surface area contributed by atoms with E-state index in [-0.39, 0.29) is 5.02 Å². The Kier molecular flexibility index (Phi) is 6.84. The van der Waals surface area contributed by atoms with Crippen molar-refractivity contribution in [1.29, 1.82) is 0 Å². The molecule has 2 aliphatic heterocycles. The Balaban J connectivity index is 1.43. The van der Waals surface area contributed by atoms with Crippen LogP contribution in [0.1, 0.15) is 19.8 Å². The Morgan fingerprint density at radius 2 is 1.69 bits per heavy atom. The van der Waals surface area contributed by atoms with E-state index < -0.39 is 5.82 Å². The van der Waals surface area contributed by atoms with Crippen molar-refractivity contribution in [1.82, 2.24) is 15.0 Å². The number of rotatable bonds is 5. The molecular weight excluding hydrogens is 490 g/mol. The van der Waals surface area contributed by atoms with Gasteiger partial charge in [0.2, 0.25) is 11.8 Å². The molecule has 0 N–H and O–H groups in total. The molecule has 0 bridgehead atoms. The normalized spacial score (nSPS) is 18.3. The van der Waals surface area contributed by atoms with Crippen LogP contribution in [0.4, 0.5) is 22.0 Å².